The van der Waals surface area contributed by atoms with Crippen molar-refractivity contribution in [2.45, 2.75) is 6.42 Å². The first-order valence-electron chi connectivity index (χ1n) is 9.95. The average Bonchev–Trinajstić information content (AvgIpc) is 2.80. The minimum Gasteiger partial charge on any atom is -0.496 e. The van der Waals surface area contributed by atoms with Gasteiger partial charge in [0, 0.05) is 22.0 Å². The van der Waals surface area contributed by atoms with Crippen LogP contribution in [0.4, 0.5) is 10.5 Å². The van der Waals surface area contributed by atoms with Crippen molar-refractivity contribution in [3.05, 3.63) is 99.0 Å². The first-order valence-corrected chi connectivity index (χ1v) is 10.7. The number of carbonyl (C=O) groups excluding carboxylic acids is 3. The van der Waals surface area contributed by atoms with Crippen LogP contribution >= 0.6 is 23.2 Å². The number of hydrogen-bond donors (Lipinski definition) is 1. The van der Waals surface area contributed by atoms with E-state index >= 15 is 0 Å². The van der Waals surface area contributed by atoms with Crippen LogP contribution in [0.25, 0.3) is 6.08 Å². The molecular formula is C25H18Cl2N2O4. The minimum atomic E-state index is -0.806. The predicted molar refractivity (Wildman–Crippen MR) is 128 cm³/mol. The van der Waals surface area contributed by atoms with Gasteiger partial charge >= 0.3 is 6.03 Å². The smallest absolute Gasteiger partial charge is 0.335 e. The Hall–Kier alpha value is -3.61. The monoisotopic (exact) mass is 480 g/mol. The third-order valence-electron chi connectivity index (χ3n) is 5.15. The number of para-hydroxylation sites is 1. The lowest BCUT2D eigenvalue weighted by molar-refractivity contribution is -0.122. The fraction of sp³-hybridized carbons (Fsp3) is 0.0800. The molecule has 4 rings (SSSR count). The number of hydrogen-bond acceptors (Lipinski definition) is 4. The van der Waals surface area contributed by atoms with Crippen LogP contribution in [0.1, 0.15) is 16.7 Å². The van der Waals surface area contributed by atoms with Crippen molar-refractivity contribution in [2.75, 3.05) is 12.0 Å². The topological polar surface area (TPSA) is 75.7 Å². The van der Waals surface area contributed by atoms with Crippen molar-refractivity contribution in [1.82, 2.24) is 5.32 Å². The number of ether oxygens (including phenoxy) is 1. The van der Waals surface area contributed by atoms with Crippen molar-refractivity contribution in [3.8, 4) is 5.75 Å². The first kappa shape index (κ1) is 22.6. The number of carbonyl (C=O) groups is 3. The number of urea groups is 1. The molecule has 6 nitrogen and oxygen atoms in total. The van der Waals surface area contributed by atoms with Crippen LogP contribution in [0.5, 0.6) is 5.75 Å². The van der Waals surface area contributed by atoms with Crippen LogP contribution in [0.3, 0.4) is 0 Å². The molecule has 0 saturated carbocycles. The van der Waals surface area contributed by atoms with Gasteiger partial charge in [-0.15, -0.1) is 0 Å². The molecule has 8 heteroatoms. The fourth-order valence-corrected chi connectivity index (χ4v) is 4.02. The number of rotatable bonds is 5. The maximum Gasteiger partial charge on any atom is 0.335 e. The molecule has 1 N–H and O–H groups in total. The third kappa shape index (κ3) is 4.62. The molecule has 0 aromatic heterocycles. The van der Waals surface area contributed by atoms with E-state index in [2.05, 4.69) is 5.32 Å². The number of methoxy groups -OCH3 is 1. The Kier molecular flexibility index (Phi) is 6.49. The van der Waals surface area contributed by atoms with Crippen molar-refractivity contribution >= 4 is 52.8 Å². The number of amides is 4. The van der Waals surface area contributed by atoms with Crippen molar-refractivity contribution in [3.63, 3.8) is 0 Å². The lowest BCUT2D eigenvalue weighted by Gasteiger charge is -2.26. The average molecular weight is 481 g/mol. The van der Waals surface area contributed by atoms with Crippen LogP contribution in [0, 0.1) is 0 Å². The summed E-state index contributed by atoms with van der Waals surface area (Å²) < 4.78 is 5.52. The number of benzene rings is 3. The van der Waals surface area contributed by atoms with E-state index in [0.717, 1.165) is 16.0 Å². The normalized spacial score (nSPS) is 15.1. The van der Waals surface area contributed by atoms with Crippen LogP contribution < -0.4 is 15.0 Å². The highest BCUT2D eigenvalue weighted by Crippen LogP contribution is 2.33. The largest absolute Gasteiger partial charge is 0.496 e. The van der Waals surface area contributed by atoms with E-state index in [1.807, 2.05) is 18.2 Å². The Bertz CT molecular complexity index is 1290. The molecule has 4 amide bonds. The van der Waals surface area contributed by atoms with Gasteiger partial charge in [0.2, 0.25) is 0 Å². The van der Waals surface area contributed by atoms with Gasteiger partial charge in [-0.2, -0.15) is 0 Å². The lowest BCUT2D eigenvalue weighted by atomic mass is 10.00. The summed E-state index contributed by atoms with van der Waals surface area (Å²) in [6.45, 7) is 0. The number of imide groups is 2. The third-order valence-corrected chi connectivity index (χ3v) is 5.85. The molecule has 1 fully saturated rings. The lowest BCUT2D eigenvalue weighted by Crippen LogP contribution is -2.54. The Morgan fingerprint density at radius 1 is 0.939 bits per heavy atom. The maximum absolute atomic E-state index is 13.0. The van der Waals surface area contributed by atoms with Gasteiger partial charge in [-0.3, -0.25) is 14.9 Å². The second-order valence-electron chi connectivity index (χ2n) is 7.25. The van der Waals surface area contributed by atoms with Crippen LogP contribution in [-0.4, -0.2) is 25.0 Å². The summed E-state index contributed by atoms with van der Waals surface area (Å²) in [7, 11) is 1.51. The summed E-state index contributed by atoms with van der Waals surface area (Å²) in [5.41, 5.74) is 2.22. The number of barbiturate groups is 1. The number of anilines is 1. The molecule has 0 spiro atoms. The van der Waals surface area contributed by atoms with E-state index in [1.54, 1.807) is 48.5 Å². The molecule has 166 valence electrons. The summed E-state index contributed by atoms with van der Waals surface area (Å²) in [6.07, 6.45) is 1.82. The van der Waals surface area contributed by atoms with Crippen molar-refractivity contribution < 1.29 is 19.1 Å². The zero-order valence-electron chi connectivity index (χ0n) is 17.5. The molecule has 1 aliphatic rings. The van der Waals surface area contributed by atoms with E-state index in [9.17, 15) is 14.4 Å². The fourth-order valence-electron chi connectivity index (χ4n) is 3.54. The number of nitrogens with one attached hydrogen (secondary N) is 1. The van der Waals surface area contributed by atoms with Crippen LogP contribution in [0.15, 0.2) is 72.3 Å². The number of halogens is 2. The van der Waals surface area contributed by atoms with Crippen LogP contribution in [0.2, 0.25) is 10.0 Å². The van der Waals surface area contributed by atoms with E-state index in [1.165, 1.54) is 13.2 Å². The summed E-state index contributed by atoms with van der Waals surface area (Å²) in [4.78, 5) is 38.7. The van der Waals surface area contributed by atoms with E-state index in [4.69, 9.17) is 27.9 Å². The van der Waals surface area contributed by atoms with Crippen molar-refractivity contribution in [1.29, 1.82) is 0 Å². The second kappa shape index (κ2) is 9.48. The molecule has 0 aliphatic carbocycles. The molecule has 0 bridgehead atoms. The van der Waals surface area contributed by atoms with E-state index < -0.39 is 17.8 Å². The Morgan fingerprint density at radius 2 is 1.64 bits per heavy atom. The van der Waals surface area contributed by atoms with Gasteiger partial charge in [-0.05, 0) is 47.5 Å². The highest BCUT2D eigenvalue weighted by molar-refractivity contribution is 6.39. The summed E-state index contributed by atoms with van der Waals surface area (Å²) in [5.74, 6) is -1.04. The molecular weight excluding hydrogens is 463 g/mol. The highest BCUT2D eigenvalue weighted by Gasteiger charge is 2.36. The van der Waals surface area contributed by atoms with Gasteiger partial charge in [-0.25, -0.2) is 9.69 Å². The van der Waals surface area contributed by atoms with Crippen molar-refractivity contribution in [2.24, 2.45) is 0 Å². The standard InChI is InChI=1S/C25H18Cl2N2O4/c1-33-22-13-15(12-21(27)18(22)14-16-7-5-6-10-20(16)26)11-19-23(30)28-25(32)29(24(19)31)17-8-3-2-4-9-17/h2-13H,14H2,1H3,(H,28,30,32)/b19-11+. The summed E-state index contributed by atoms with van der Waals surface area (Å²) in [6, 6.07) is 18.3. The molecule has 0 atom stereocenters. The molecule has 1 heterocycles. The van der Waals surface area contributed by atoms with Gasteiger partial charge in [0.05, 0.1) is 12.8 Å². The number of nitrogens with zero attached hydrogens (tertiary/aromatic N) is 1. The summed E-state index contributed by atoms with van der Waals surface area (Å²) in [5, 5.41) is 3.20. The van der Waals surface area contributed by atoms with E-state index in [0.29, 0.717) is 33.5 Å². The Morgan fingerprint density at radius 3 is 2.33 bits per heavy atom. The minimum absolute atomic E-state index is 0.199. The van der Waals surface area contributed by atoms with Gasteiger partial charge < -0.3 is 4.74 Å². The molecule has 0 unspecified atom stereocenters. The van der Waals surface area contributed by atoms with Gasteiger partial charge in [0.15, 0.2) is 0 Å². The predicted octanol–water partition coefficient (Wildman–Crippen LogP) is 5.26. The van der Waals surface area contributed by atoms with Gasteiger partial charge in [-0.1, -0.05) is 59.6 Å². The van der Waals surface area contributed by atoms with E-state index in [-0.39, 0.29) is 5.57 Å². The molecule has 3 aromatic rings. The molecule has 1 saturated heterocycles. The SMILES string of the molecule is COc1cc(/C=C2\C(=O)NC(=O)N(c3ccccc3)C2=O)cc(Cl)c1Cc1ccccc1Cl. The second-order valence-corrected chi connectivity index (χ2v) is 8.06. The molecule has 33 heavy (non-hydrogen) atoms. The van der Waals surface area contributed by atoms with Crippen LogP contribution in [-0.2, 0) is 16.0 Å². The molecule has 0 radical (unpaired) electrons. The zero-order valence-corrected chi connectivity index (χ0v) is 19.0. The highest BCUT2D eigenvalue weighted by atomic mass is 35.5. The summed E-state index contributed by atoms with van der Waals surface area (Å²) >= 11 is 12.8. The molecule has 1 aliphatic heterocycles. The first-order chi connectivity index (χ1) is 15.9. The molecule has 3 aromatic carbocycles. The maximum atomic E-state index is 13.0. The zero-order chi connectivity index (χ0) is 23.5. The Balaban J connectivity index is 1.71. The van der Waals surface area contributed by atoms with Gasteiger partial charge in [0.1, 0.15) is 11.3 Å². The Labute approximate surface area is 200 Å². The van der Waals surface area contributed by atoms with Gasteiger partial charge in [0.25, 0.3) is 11.8 Å². The quantitative estimate of drug-likeness (QED) is 0.399.